The Bertz CT molecular complexity index is 356. The van der Waals surface area contributed by atoms with Crippen LogP contribution in [0.15, 0.2) is 4.40 Å². The smallest absolute Gasteiger partial charge is 0.189 e. The summed E-state index contributed by atoms with van der Waals surface area (Å²) in [6, 6.07) is 0. The molecule has 4 nitrogen and oxygen atoms in total. The van der Waals surface area contributed by atoms with Crippen molar-refractivity contribution in [2.75, 3.05) is 0 Å². The first-order valence-electron chi connectivity index (χ1n) is 5.53. The fraction of sp³-hybridized carbons (Fsp3) is 0.900. The van der Waals surface area contributed by atoms with Crippen molar-refractivity contribution in [2.24, 2.45) is 10.3 Å². The standard InChI is InChI=1S/C10H20N2O2S/c1-5-9-8(4)10(6-2,7-3)12-15(13,14)11-9/h8,12H,5-7H2,1-4H3. The van der Waals surface area contributed by atoms with E-state index in [0.717, 1.165) is 18.6 Å². The van der Waals surface area contributed by atoms with E-state index in [-0.39, 0.29) is 11.5 Å². The Kier molecular flexibility index (Phi) is 3.55. The van der Waals surface area contributed by atoms with E-state index in [9.17, 15) is 8.42 Å². The van der Waals surface area contributed by atoms with Gasteiger partial charge >= 0.3 is 10.2 Å². The molecule has 0 aliphatic carbocycles. The molecule has 88 valence electrons. The maximum absolute atomic E-state index is 11.6. The van der Waals surface area contributed by atoms with E-state index in [1.807, 2.05) is 20.8 Å². The molecule has 0 spiro atoms. The van der Waals surface area contributed by atoms with Crippen molar-refractivity contribution in [3.8, 4) is 0 Å². The van der Waals surface area contributed by atoms with Crippen LogP contribution in [0.4, 0.5) is 0 Å². The van der Waals surface area contributed by atoms with Crippen LogP contribution in [0.25, 0.3) is 0 Å². The zero-order valence-electron chi connectivity index (χ0n) is 9.87. The van der Waals surface area contributed by atoms with Crippen LogP contribution < -0.4 is 4.72 Å². The maximum Gasteiger partial charge on any atom is 0.320 e. The SMILES string of the molecule is CCC1=NS(=O)(=O)NC(CC)(CC)C1C. The van der Waals surface area contributed by atoms with Crippen LogP contribution in [0.5, 0.6) is 0 Å². The number of hydrogen-bond donors (Lipinski definition) is 1. The van der Waals surface area contributed by atoms with Gasteiger partial charge in [-0.25, -0.2) is 0 Å². The number of nitrogens with one attached hydrogen (secondary N) is 1. The van der Waals surface area contributed by atoms with Crippen LogP contribution in [-0.2, 0) is 10.2 Å². The highest BCUT2D eigenvalue weighted by atomic mass is 32.2. The Hall–Kier alpha value is -0.420. The summed E-state index contributed by atoms with van der Waals surface area (Å²) in [7, 11) is -3.47. The second-order valence-electron chi connectivity index (χ2n) is 4.10. The van der Waals surface area contributed by atoms with Crippen LogP contribution >= 0.6 is 0 Å². The van der Waals surface area contributed by atoms with Crippen LogP contribution in [-0.4, -0.2) is 19.7 Å². The molecule has 0 fully saturated rings. The molecule has 0 saturated carbocycles. The van der Waals surface area contributed by atoms with Gasteiger partial charge in [0.1, 0.15) is 0 Å². The van der Waals surface area contributed by atoms with Gasteiger partial charge in [0.2, 0.25) is 0 Å². The van der Waals surface area contributed by atoms with E-state index in [4.69, 9.17) is 0 Å². The van der Waals surface area contributed by atoms with Gasteiger partial charge in [0, 0.05) is 17.2 Å². The summed E-state index contributed by atoms with van der Waals surface area (Å²) in [6.07, 6.45) is 2.29. The average Bonchev–Trinajstić information content (AvgIpc) is 2.21. The molecule has 0 radical (unpaired) electrons. The summed E-state index contributed by atoms with van der Waals surface area (Å²) in [5.74, 6) is 0.182. The molecule has 1 unspecified atom stereocenters. The molecular weight excluding hydrogens is 212 g/mol. The minimum atomic E-state index is -3.47. The summed E-state index contributed by atoms with van der Waals surface area (Å²) in [5, 5.41) is 0. The summed E-state index contributed by atoms with van der Waals surface area (Å²) >= 11 is 0. The molecule has 0 aromatic rings. The lowest BCUT2D eigenvalue weighted by Gasteiger charge is -2.41. The average molecular weight is 232 g/mol. The van der Waals surface area contributed by atoms with Gasteiger partial charge in [0.15, 0.2) is 0 Å². The molecule has 0 bridgehead atoms. The molecule has 0 aromatic heterocycles. The van der Waals surface area contributed by atoms with Gasteiger partial charge in [-0.3, -0.25) is 0 Å². The highest BCUT2D eigenvalue weighted by molar-refractivity contribution is 7.88. The second-order valence-corrected chi connectivity index (χ2v) is 5.44. The number of nitrogens with zero attached hydrogens (tertiary/aromatic N) is 1. The van der Waals surface area contributed by atoms with Gasteiger partial charge in [-0.2, -0.15) is 17.5 Å². The van der Waals surface area contributed by atoms with Gasteiger partial charge in [-0.15, -0.1) is 0 Å². The Labute approximate surface area is 92.4 Å². The summed E-state index contributed by atoms with van der Waals surface area (Å²) < 4.78 is 29.7. The third kappa shape index (κ3) is 2.23. The molecule has 5 heteroatoms. The lowest BCUT2D eigenvalue weighted by Crippen LogP contribution is -2.57. The first-order chi connectivity index (χ1) is 6.90. The molecule has 15 heavy (non-hydrogen) atoms. The second kappa shape index (κ2) is 4.22. The largest absolute Gasteiger partial charge is 0.320 e. The summed E-state index contributed by atoms with van der Waals surface area (Å²) in [4.78, 5) is 0. The molecular formula is C10H20N2O2S. The molecule has 0 amide bonds. The predicted molar refractivity (Wildman–Crippen MR) is 62.3 cm³/mol. The third-order valence-corrected chi connectivity index (χ3v) is 4.66. The topological polar surface area (TPSA) is 58.5 Å². The highest BCUT2D eigenvalue weighted by Crippen LogP contribution is 2.32. The molecule has 1 atom stereocenters. The number of rotatable bonds is 3. The molecule has 1 heterocycles. The molecule has 0 aromatic carbocycles. The molecule has 1 aliphatic heterocycles. The lowest BCUT2D eigenvalue weighted by molar-refractivity contribution is 0.288. The van der Waals surface area contributed by atoms with E-state index >= 15 is 0 Å². The summed E-state index contributed by atoms with van der Waals surface area (Å²) in [5.41, 5.74) is 0.448. The molecule has 0 saturated heterocycles. The highest BCUT2D eigenvalue weighted by Gasteiger charge is 2.42. The fourth-order valence-electron chi connectivity index (χ4n) is 2.30. The normalized spacial score (nSPS) is 28.5. The minimum Gasteiger partial charge on any atom is -0.189 e. The van der Waals surface area contributed by atoms with Crippen molar-refractivity contribution in [2.45, 2.75) is 52.5 Å². The van der Waals surface area contributed by atoms with E-state index in [1.165, 1.54) is 0 Å². The van der Waals surface area contributed by atoms with Crippen molar-refractivity contribution >= 4 is 15.9 Å². The van der Waals surface area contributed by atoms with Gasteiger partial charge < -0.3 is 0 Å². The van der Waals surface area contributed by atoms with Crippen LogP contribution in [0, 0.1) is 5.92 Å². The quantitative estimate of drug-likeness (QED) is 0.807. The Balaban J connectivity index is 3.22. The van der Waals surface area contributed by atoms with Gasteiger partial charge in [0.25, 0.3) is 0 Å². The van der Waals surface area contributed by atoms with E-state index in [0.29, 0.717) is 6.42 Å². The Morgan fingerprint density at radius 2 is 1.87 bits per heavy atom. The zero-order chi connectivity index (χ0) is 11.7. The molecule has 1 rings (SSSR count). The van der Waals surface area contributed by atoms with Crippen LogP contribution in [0.3, 0.4) is 0 Å². The van der Waals surface area contributed by atoms with Crippen LogP contribution in [0.2, 0.25) is 0 Å². The Morgan fingerprint density at radius 1 is 1.33 bits per heavy atom. The lowest BCUT2D eigenvalue weighted by atomic mass is 9.78. The Morgan fingerprint density at radius 3 is 2.27 bits per heavy atom. The van der Waals surface area contributed by atoms with E-state index in [1.54, 1.807) is 0 Å². The van der Waals surface area contributed by atoms with Crippen molar-refractivity contribution in [1.29, 1.82) is 0 Å². The maximum atomic E-state index is 11.6. The summed E-state index contributed by atoms with van der Waals surface area (Å²) in [6.45, 7) is 8.03. The monoisotopic (exact) mass is 232 g/mol. The van der Waals surface area contributed by atoms with Gasteiger partial charge in [0.05, 0.1) is 0 Å². The fourth-order valence-corrected chi connectivity index (χ4v) is 3.92. The van der Waals surface area contributed by atoms with E-state index in [2.05, 4.69) is 16.0 Å². The first kappa shape index (κ1) is 12.6. The number of hydrogen-bond acceptors (Lipinski definition) is 2. The molecule has 1 aliphatic rings. The van der Waals surface area contributed by atoms with Crippen molar-refractivity contribution in [1.82, 2.24) is 4.72 Å². The molecule has 1 N–H and O–H groups in total. The zero-order valence-corrected chi connectivity index (χ0v) is 10.7. The van der Waals surface area contributed by atoms with Gasteiger partial charge in [-0.05, 0) is 19.3 Å². The van der Waals surface area contributed by atoms with Crippen molar-refractivity contribution in [3.63, 3.8) is 0 Å². The predicted octanol–water partition coefficient (Wildman–Crippen LogP) is 1.88. The minimum absolute atomic E-state index is 0.182. The van der Waals surface area contributed by atoms with Crippen LogP contribution in [0.1, 0.15) is 47.0 Å². The van der Waals surface area contributed by atoms with E-state index < -0.39 is 10.2 Å². The van der Waals surface area contributed by atoms with Crippen molar-refractivity contribution in [3.05, 3.63) is 0 Å². The first-order valence-corrected chi connectivity index (χ1v) is 6.97. The third-order valence-electron chi connectivity index (χ3n) is 3.52. The van der Waals surface area contributed by atoms with Crippen molar-refractivity contribution < 1.29 is 8.42 Å². The van der Waals surface area contributed by atoms with Gasteiger partial charge in [-0.1, -0.05) is 27.7 Å².